The van der Waals surface area contributed by atoms with E-state index < -0.39 is 10.0 Å². The molecular weight excluding hydrogens is 214 g/mol. The molecule has 0 unspecified atom stereocenters. The first-order chi connectivity index (χ1) is 7.09. The van der Waals surface area contributed by atoms with Gasteiger partial charge in [0.1, 0.15) is 0 Å². The molecule has 0 bridgehead atoms. The first-order valence-corrected chi connectivity index (χ1v) is 6.63. The van der Waals surface area contributed by atoms with Crippen molar-refractivity contribution in [1.82, 2.24) is 13.9 Å². The molecule has 1 fully saturated rings. The van der Waals surface area contributed by atoms with E-state index in [-0.39, 0.29) is 5.75 Å². The summed E-state index contributed by atoms with van der Waals surface area (Å²) in [6.45, 7) is 1.08. The maximum atomic E-state index is 11.7. The Balaban J connectivity index is 2.15. The van der Waals surface area contributed by atoms with Crippen LogP contribution < -0.4 is 0 Å². The van der Waals surface area contributed by atoms with E-state index >= 15 is 0 Å². The highest BCUT2D eigenvalue weighted by Crippen LogP contribution is 2.16. The predicted octanol–water partition coefficient (Wildman–Crippen LogP) is 0.346. The van der Waals surface area contributed by atoms with Crippen molar-refractivity contribution in [2.24, 2.45) is 7.05 Å². The molecule has 15 heavy (non-hydrogen) atoms. The van der Waals surface area contributed by atoms with Crippen molar-refractivity contribution in [3.63, 3.8) is 0 Å². The van der Waals surface area contributed by atoms with Crippen LogP contribution in [0.5, 0.6) is 0 Å². The first kappa shape index (κ1) is 10.6. The second-order valence-corrected chi connectivity index (χ2v) is 5.94. The highest BCUT2D eigenvalue weighted by atomic mass is 32.2. The molecule has 1 saturated heterocycles. The van der Waals surface area contributed by atoms with Crippen molar-refractivity contribution in [2.75, 3.05) is 12.3 Å². The van der Waals surface area contributed by atoms with Gasteiger partial charge in [0, 0.05) is 19.8 Å². The van der Waals surface area contributed by atoms with Gasteiger partial charge in [0.05, 0.1) is 24.3 Å². The molecule has 2 heterocycles. The van der Waals surface area contributed by atoms with Gasteiger partial charge in [0.15, 0.2) is 0 Å². The van der Waals surface area contributed by atoms with Crippen LogP contribution in [0.15, 0.2) is 12.5 Å². The largest absolute Gasteiger partial charge is 0.337 e. The molecule has 0 saturated carbocycles. The fourth-order valence-corrected chi connectivity index (χ4v) is 3.30. The quantitative estimate of drug-likeness (QED) is 0.735. The van der Waals surface area contributed by atoms with Crippen molar-refractivity contribution in [3.8, 4) is 0 Å². The Hall–Kier alpha value is -0.880. The minimum absolute atomic E-state index is 0.283. The minimum Gasteiger partial charge on any atom is -0.337 e. The molecule has 0 N–H and O–H groups in total. The summed E-state index contributed by atoms with van der Waals surface area (Å²) in [5.74, 6) is 0.283. The van der Waals surface area contributed by atoms with Gasteiger partial charge in [-0.05, 0) is 12.8 Å². The van der Waals surface area contributed by atoms with E-state index in [1.807, 2.05) is 11.6 Å². The van der Waals surface area contributed by atoms with Gasteiger partial charge in [-0.15, -0.1) is 0 Å². The highest BCUT2D eigenvalue weighted by Gasteiger charge is 2.26. The molecule has 6 heteroatoms. The van der Waals surface area contributed by atoms with Crippen LogP contribution >= 0.6 is 0 Å². The van der Waals surface area contributed by atoms with Crippen LogP contribution in [-0.2, 0) is 23.6 Å². The first-order valence-electron chi connectivity index (χ1n) is 5.02. The highest BCUT2D eigenvalue weighted by molar-refractivity contribution is 7.89. The molecule has 1 aromatic rings. The van der Waals surface area contributed by atoms with Gasteiger partial charge in [-0.1, -0.05) is 0 Å². The van der Waals surface area contributed by atoms with E-state index in [0.29, 0.717) is 13.1 Å². The lowest BCUT2D eigenvalue weighted by molar-refractivity contribution is 0.371. The molecule has 1 aliphatic rings. The van der Waals surface area contributed by atoms with Gasteiger partial charge in [-0.3, -0.25) is 0 Å². The van der Waals surface area contributed by atoms with Gasteiger partial charge >= 0.3 is 0 Å². The second-order valence-electron chi connectivity index (χ2n) is 3.85. The number of sulfonamides is 1. The lowest BCUT2D eigenvalue weighted by Gasteiger charge is -2.25. The summed E-state index contributed by atoms with van der Waals surface area (Å²) in [7, 11) is -1.15. The zero-order valence-electron chi connectivity index (χ0n) is 8.76. The number of rotatable bonds is 2. The van der Waals surface area contributed by atoms with Gasteiger partial charge in [0.2, 0.25) is 10.0 Å². The van der Waals surface area contributed by atoms with Crippen molar-refractivity contribution in [1.29, 1.82) is 0 Å². The number of hydrogen-bond acceptors (Lipinski definition) is 3. The second kappa shape index (κ2) is 3.94. The van der Waals surface area contributed by atoms with Gasteiger partial charge in [-0.2, -0.15) is 4.31 Å². The van der Waals surface area contributed by atoms with Crippen molar-refractivity contribution < 1.29 is 8.42 Å². The molecule has 0 radical (unpaired) electrons. The maximum absolute atomic E-state index is 11.7. The number of hydrogen-bond donors (Lipinski definition) is 0. The summed E-state index contributed by atoms with van der Waals surface area (Å²) in [6.07, 6.45) is 5.14. The summed E-state index contributed by atoms with van der Waals surface area (Å²) >= 11 is 0. The van der Waals surface area contributed by atoms with Crippen LogP contribution in [0.1, 0.15) is 18.5 Å². The van der Waals surface area contributed by atoms with Crippen LogP contribution in [-0.4, -0.2) is 34.6 Å². The Kier molecular flexibility index (Phi) is 2.79. The zero-order chi connectivity index (χ0) is 10.9. The fraction of sp³-hybridized carbons (Fsp3) is 0.667. The summed E-state index contributed by atoms with van der Waals surface area (Å²) in [5.41, 5.74) is 0.931. The third kappa shape index (κ3) is 2.21. The van der Waals surface area contributed by atoms with E-state index in [9.17, 15) is 8.42 Å². The fourth-order valence-electron chi connectivity index (χ4n) is 1.74. The monoisotopic (exact) mass is 229 g/mol. The molecule has 1 aliphatic heterocycles. The summed E-state index contributed by atoms with van der Waals surface area (Å²) in [5, 5.41) is 0. The Labute approximate surface area is 89.8 Å². The average molecular weight is 229 g/mol. The minimum atomic E-state index is -3.02. The van der Waals surface area contributed by atoms with Crippen LogP contribution in [0.25, 0.3) is 0 Å². The van der Waals surface area contributed by atoms with E-state index in [1.54, 1.807) is 16.8 Å². The van der Waals surface area contributed by atoms with E-state index in [0.717, 1.165) is 18.5 Å². The molecule has 84 valence electrons. The molecule has 2 rings (SSSR count). The Bertz CT molecular complexity index is 438. The molecule has 0 amide bonds. The predicted molar refractivity (Wildman–Crippen MR) is 56.6 cm³/mol. The maximum Gasteiger partial charge on any atom is 0.214 e. The number of aryl methyl sites for hydroxylation is 1. The third-order valence-electron chi connectivity index (χ3n) is 2.71. The van der Waals surface area contributed by atoms with Crippen LogP contribution in [0.2, 0.25) is 0 Å². The topological polar surface area (TPSA) is 55.2 Å². The molecule has 0 aliphatic carbocycles. The lowest BCUT2D eigenvalue weighted by atomic mass is 10.3. The summed E-state index contributed by atoms with van der Waals surface area (Å²) < 4.78 is 26.8. The Morgan fingerprint density at radius 2 is 2.27 bits per heavy atom. The summed E-state index contributed by atoms with van der Waals surface area (Å²) in [4.78, 5) is 3.98. The molecule has 0 aromatic carbocycles. The Morgan fingerprint density at radius 1 is 1.47 bits per heavy atom. The smallest absolute Gasteiger partial charge is 0.214 e. The SMILES string of the molecule is Cn1cncc1CN1CCCCS1(=O)=O. The van der Waals surface area contributed by atoms with Gasteiger partial charge in [0.25, 0.3) is 0 Å². The normalized spacial score (nSPS) is 21.7. The number of imidazole rings is 1. The van der Waals surface area contributed by atoms with E-state index in [2.05, 4.69) is 4.98 Å². The average Bonchev–Trinajstić information content (AvgIpc) is 2.56. The number of aromatic nitrogens is 2. The van der Waals surface area contributed by atoms with Crippen LogP contribution in [0, 0.1) is 0 Å². The van der Waals surface area contributed by atoms with Gasteiger partial charge in [-0.25, -0.2) is 13.4 Å². The number of nitrogens with zero attached hydrogens (tertiary/aromatic N) is 3. The molecule has 1 aromatic heterocycles. The van der Waals surface area contributed by atoms with Crippen molar-refractivity contribution >= 4 is 10.0 Å². The summed E-state index contributed by atoms with van der Waals surface area (Å²) in [6, 6.07) is 0. The lowest BCUT2D eigenvalue weighted by Crippen LogP contribution is -2.37. The zero-order valence-corrected chi connectivity index (χ0v) is 9.57. The Morgan fingerprint density at radius 3 is 2.87 bits per heavy atom. The standard InChI is InChI=1S/C9H15N3O2S/c1-11-8-10-6-9(11)7-12-4-2-3-5-15(12,13)14/h6,8H,2-5,7H2,1H3. The van der Waals surface area contributed by atoms with E-state index in [4.69, 9.17) is 0 Å². The van der Waals surface area contributed by atoms with Crippen molar-refractivity contribution in [2.45, 2.75) is 19.4 Å². The third-order valence-corrected chi connectivity index (χ3v) is 4.61. The molecule has 5 nitrogen and oxygen atoms in total. The van der Waals surface area contributed by atoms with Crippen LogP contribution in [0.4, 0.5) is 0 Å². The molecule has 0 spiro atoms. The van der Waals surface area contributed by atoms with E-state index in [1.165, 1.54) is 0 Å². The molecular formula is C9H15N3O2S. The van der Waals surface area contributed by atoms with Crippen LogP contribution in [0.3, 0.4) is 0 Å². The van der Waals surface area contributed by atoms with Gasteiger partial charge < -0.3 is 4.57 Å². The molecule has 0 atom stereocenters. The van der Waals surface area contributed by atoms with Crippen molar-refractivity contribution in [3.05, 3.63) is 18.2 Å².